The van der Waals surface area contributed by atoms with Gasteiger partial charge in [-0.05, 0) is 29.8 Å². The molecule has 4 nitrogen and oxygen atoms in total. The van der Waals surface area contributed by atoms with Crippen LogP contribution in [0.2, 0.25) is 0 Å². The first-order valence-corrected chi connectivity index (χ1v) is 6.66. The second-order valence-corrected chi connectivity index (χ2v) is 4.89. The van der Waals surface area contributed by atoms with Gasteiger partial charge in [-0.3, -0.25) is 9.59 Å². The molecular weight excluding hydrogens is 309 g/mol. The average molecular weight is 322 g/mol. The first kappa shape index (κ1) is 16.5. The van der Waals surface area contributed by atoms with Crippen LogP contribution in [0.4, 0.5) is 13.2 Å². The Balaban J connectivity index is 2.16. The van der Waals surface area contributed by atoms with Gasteiger partial charge in [-0.2, -0.15) is 0 Å². The first-order valence-electron chi connectivity index (χ1n) is 6.66. The summed E-state index contributed by atoms with van der Waals surface area (Å²) in [4.78, 5) is 23.4. The van der Waals surface area contributed by atoms with Gasteiger partial charge in [-0.25, -0.2) is 13.2 Å². The highest BCUT2D eigenvalue weighted by atomic mass is 19.1. The molecule has 0 unspecified atom stereocenters. The Labute approximate surface area is 130 Å². The molecule has 0 fully saturated rings. The van der Waals surface area contributed by atoms with Gasteiger partial charge >= 0.3 is 0 Å². The summed E-state index contributed by atoms with van der Waals surface area (Å²) in [6.45, 7) is 0. The van der Waals surface area contributed by atoms with E-state index in [1.807, 2.05) is 0 Å². The van der Waals surface area contributed by atoms with Crippen LogP contribution >= 0.6 is 0 Å². The molecule has 23 heavy (non-hydrogen) atoms. The lowest BCUT2D eigenvalue weighted by Crippen LogP contribution is -2.46. The van der Waals surface area contributed by atoms with E-state index < -0.39 is 40.9 Å². The van der Waals surface area contributed by atoms with Gasteiger partial charge in [-0.15, -0.1) is 0 Å². The third kappa shape index (κ3) is 4.32. The van der Waals surface area contributed by atoms with Crippen LogP contribution in [0, 0.1) is 17.5 Å². The average Bonchev–Trinajstić information content (AvgIpc) is 2.46. The highest BCUT2D eigenvalue weighted by Gasteiger charge is 2.21. The molecule has 2 aromatic carbocycles. The molecule has 120 valence electrons. The van der Waals surface area contributed by atoms with E-state index in [1.165, 1.54) is 18.2 Å². The maximum absolute atomic E-state index is 13.6. The zero-order valence-electron chi connectivity index (χ0n) is 11.9. The molecule has 0 aliphatic heterocycles. The molecule has 2 rings (SSSR count). The van der Waals surface area contributed by atoms with Gasteiger partial charge in [-0.1, -0.05) is 12.1 Å². The Bertz CT molecular complexity index is 750. The lowest BCUT2D eigenvalue weighted by atomic mass is 10.0. The second-order valence-electron chi connectivity index (χ2n) is 4.89. The van der Waals surface area contributed by atoms with Crippen molar-refractivity contribution < 1.29 is 22.8 Å². The highest BCUT2D eigenvalue weighted by Crippen LogP contribution is 2.11. The SMILES string of the molecule is NC(=O)[C@H](Cc1cccc(F)c1)NC(=O)c1ccc(F)cc1F. The van der Waals surface area contributed by atoms with E-state index >= 15 is 0 Å². The summed E-state index contributed by atoms with van der Waals surface area (Å²) in [5.74, 6) is -4.16. The van der Waals surface area contributed by atoms with Crippen molar-refractivity contribution in [3.63, 3.8) is 0 Å². The number of halogens is 3. The predicted octanol–water partition coefficient (Wildman–Crippen LogP) is 1.93. The normalized spacial score (nSPS) is 11.8. The number of carbonyl (C=O) groups excluding carboxylic acids is 2. The molecule has 0 radical (unpaired) electrons. The fourth-order valence-electron chi connectivity index (χ4n) is 2.03. The molecule has 0 spiro atoms. The van der Waals surface area contributed by atoms with Gasteiger partial charge in [0.05, 0.1) is 5.56 Å². The van der Waals surface area contributed by atoms with Gasteiger partial charge in [0.15, 0.2) is 0 Å². The number of rotatable bonds is 5. The lowest BCUT2D eigenvalue weighted by molar-refractivity contribution is -0.119. The minimum Gasteiger partial charge on any atom is -0.368 e. The third-order valence-electron chi connectivity index (χ3n) is 3.15. The topological polar surface area (TPSA) is 72.2 Å². The van der Waals surface area contributed by atoms with E-state index in [9.17, 15) is 22.8 Å². The zero-order chi connectivity index (χ0) is 17.0. The van der Waals surface area contributed by atoms with Crippen LogP contribution in [0.25, 0.3) is 0 Å². The van der Waals surface area contributed by atoms with Gasteiger partial charge in [0.1, 0.15) is 23.5 Å². The van der Waals surface area contributed by atoms with E-state index in [0.717, 1.165) is 12.1 Å². The van der Waals surface area contributed by atoms with Crippen molar-refractivity contribution in [1.82, 2.24) is 5.32 Å². The van der Waals surface area contributed by atoms with Crippen molar-refractivity contribution in [2.75, 3.05) is 0 Å². The molecule has 0 saturated carbocycles. The zero-order valence-corrected chi connectivity index (χ0v) is 11.9. The Morgan fingerprint density at radius 2 is 1.74 bits per heavy atom. The summed E-state index contributed by atoms with van der Waals surface area (Å²) in [6.07, 6.45) is -0.0539. The number of hydrogen-bond acceptors (Lipinski definition) is 2. The molecule has 0 aromatic heterocycles. The largest absolute Gasteiger partial charge is 0.368 e. The monoisotopic (exact) mass is 322 g/mol. The standard InChI is InChI=1S/C16H13F3N2O2/c17-10-3-1-2-9(6-10)7-14(15(20)22)21-16(23)12-5-4-11(18)8-13(12)19/h1-6,8,14H,7H2,(H2,20,22)(H,21,23)/t14-/m0/s1. The maximum Gasteiger partial charge on any atom is 0.254 e. The van der Waals surface area contributed by atoms with Crippen molar-refractivity contribution in [3.8, 4) is 0 Å². The maximum atomic E-state index is 13.6. The molecule has 7 heteroatoms. The molecule has 2 aromatic rings. The summed E-state index contributed by atoms with van der Waals surface area (Å²) in [5.41, 5.74) is 5.23. The van der Waals surface area contributed by atoms with Crippen molar-refractivity contribution in [1.29, 1.82) is 0 Å². The molecule has 1 atom stereocenters. The number of benzene rings is 2. The van der Waals surface area contributed by atoms with E-state index in [2.05, 4.69) is 5.32 Å². The van der Waals surface area contributed by atoms with Gasteiger partial charge in [0.25, 0.3) is 5.91 Å². The van der Waals surface area contributed by atoms with Crippen LogP contribution in [-0.4, -0.2) is 17.9 Å². The Morgan fingerprint density at radius 3 is 2.35 bits per heavy atom. The lowest BCUT2D eigenvalue weighted by Gasteiger charge is -2.16. The van der Waals surface area contributed by atoms with Crippen LogP contribution in [0.5, 0.6) is 0 Å². The van der Waals surface area contributed by atoms with Crippen molar-refractivity contribution in [2.45, 2.75) is 12.5 Å². The first-order chi connectivity index (χ1) is 10.9. The van der Waals surface area contributed by atoms with Gasteiger partial charge in [0.2, 0.25) is 5.91 Å². The number of nitrogens with two attached hydrogens (primary N) is 1. The number of carbonyl (C=O) groups is 2. The van der Waals surface area contributed by atoms with Crippen LogP contribution in [-0.2, 0) is 11.2 Å². The molecule has 0 aliphatic rings. The number of hydrogen-bond donors (Lipinski definition) is 2. The Kier molecular flexibility index (Phi) is 5.00. The minimum atomic E-state index is -1.16. The molecule has 0 saturated heterocycles. The Hall–Kier alpha value is -2.83. The summed E-state index contributed by atoms with van der Waals surface area (Å²) in [5, 5.41) is 2.26. The van der Waals surface area contributed by atoms with Crippen molar-refractivity contribution in [2.24, 2.45) is 5.73 Å². The smallest absolute Gasteiger partial charge is 0.254 e. The van der Waals surface area contributed by atoms with Crippen LogP contribution in [0.1, 0.15) is 15.9 Å². The van der Waals surface area contributed by atoms with Crippen LogP contribution in [0.3, 0.4) is 0 Å². The second kappa shape index (κ2) is 6.95. The number of nitrogens with one attached hydrogen (secondary N) is 1. The molecule has 0 bridgehead atoms. The van der Waals surface area contributed by atoms with Gasteiger partial charge in [0, 0.05) is 12.5 Å². The summed E-state index contributed by atoms with van der Waals surface area (Å²) in [7, 11) is 0. The van der Waals surface area contributed by atoms with Crippen molar-refractivity contribution >= 4 is 11.8 Å². The number of primary amides is 1. The van der Waals surface area contributed by atoms with Gasteiger partial charge < -0.3 is 11.1 Å². The van der Waals surface area contributed by atoms with E-state index in [1.54, 1.807) is 6.07 Å². The fourth-order valence-corrected chi connectivity index (χ4v) is 2.03. The quantitative estimate of drug-likeness (QED) is 0.883. The minimum absolute atomic E-state index is 0.0539. The summed E-state index contributed by atoms with van der Waals surface area (Å²) in [6, 6.07) is 6.71. The summed E-state index contributed by atoms with van der Waals surface area (Å²) < 4.78 is 39.6. The fraction of sp³-hybridized carbons (Fsp3) is 0.125. The molecule has 3 N–H and O–H groups in total. The van der Waals surface area contributed by atoms with Crippen LogP contribution < -0.4 is 11.1 Å². The van der Waals surface area contributed by atoms with E-state index in [4.69, 9.17) is 5.73 Å². The molecule has 0 aliphatic carbocycles. The molecule has 0 heterocycles. The van der Waals surface area contributed by atoms with Crippen molar-refractivity contribution in [3.05, 3.63) is 71.0 Å². The number of amides is 2. The van der Waals surface area contributed by atoms with E-state index in [-0.39, 0.29) is 6.42 Å². The van der Waals surface area contributed by atoms with E-state index in [0.29, 0.717) is 11.6 Å². The highest BCUT2D eigenvalue weighted by molar-refractivity contribution is 5.97. The molecule has 2 amide bonds. The Morgan fingerprint density at radius 1 is 1.04 bits per heavy atom. The summed E-state index contributed by atoms with van der Waals surface area (Å²) >= 11 is 0. The third-order valence-corrected chi connectivity index (χ3v) is 3.15. The predicted molar refractivity (Wildman–Crippen MR) is 76.9 cm³/mol. The molecular formula is C16H13F3N2O2. The van der Waals surface area contributed by atoms with Crippen LogP contribution in [0.15, 0.2) is 42.5 Å².